The Hall–Kier alpha value is -0.340. The second-order valence-corrected chi connectivity index (χ2v) is 5.27. The van der Waals surface area contributed by atoms with Gasteiger partial charge in [0.15, 0.2) is 0 Å². The smallest absolute Gasteiger partial charge is 0.0178 e. The molecule has 2 heteroatoms. The van der Waals surface area contributed by atoms with E-state index in [-0.39, 0.29) is 0 Å². The van der Waals surface area contributed by atoms with Crippen LogP contribution in [0.25, 0.3) is 0 Å². The van der Waals surface area contributed by atoms with E-state index >= 15 is 0 Å². The van der Waals surface area contributed by atoms with E-state index in [1.165, 1.54) is 30.3 Å². The molecule has 1 nitrogen and oxygen atoms in total. The molecule has 2 unspecified atom stereocenters. The van der Waals surface area contributed by atoms with Crippen molar-refractivity contribution in [1.82, 2.24) is 5.32 Å². The fourth-order valence-electron chi connectivity index (χ4n) is 2.87. The molecule has 0 saturated carbocycles. The molecule has 0 amide bonds. The third-order valence-corrected chi connectivity index (χ3v) is 4.02. The fraction of sp³-hybridized carbons (Fsp3) is 0.500. The van der Waals surface area contributed by atoms with Crippen molar-refractivity contribution in [3.63, 3.8) is 0 Å². The summed E-state index contributed by atoms with van der Waals surface area (Å²) < 4.78 is 1.22. The molecule has 1 aliphatic heterocycles. The monoisotopic (exact) mass is 251 g/mol. The minimum Gasteiger partial charge on any atom is -0.313 e. The van der Waals surface area contributed by atoms with Crippen molar-refractivity contribution in [1.29, 1.82) is 0 Å². The number of fused-ring (bicyclic) bond motifs is 3. The molecule has 1 fully saturated rings. The summed E-state index contributed by atoms with van der Waals surface area (Å²) in [5.41, 5.74) is 3.13. The first-order valence-electron chi connectivity index (χ1n) is 5.36. The highest BCUT2D eigenvalue weighted by Crippen LogP contribution is 2.39. The van der Waals surface area contributed by atoms with E-state index in [0.717, 1.165) is 5.92 Å². The molecular formula is C12H14BrN. The van der Waals surface area contributed by atoms with E-state index in [1.54, 1.807) is 11.1 Å². The molecule has 0 bridgehead atoms. The number of rotatable bonds is 0. The Balaban J connectivity index is 2.02. The second-order valence-electron chi connectivity index (χ2n) is 4.36. The van der Waals surface area contributed by atoms with Crippen LogP contribution in [0.3, 0.4) is 0 Å². The molecule has 1 aliphatic carbocycles. The Morgan fingerprint density at radius 1 is 1.36 bits per heavy atom. The lowest BCUT2D eigenvalue weighted by Crippen LogP contribution is -2.37. The van der Waals surface area contributed by atoms with Gasteiger partial charge in [-0.2, -0.15) is 0 Å². The maximum Gasteiger partial charge on any atom is 0.0178 e. The highest BCUT2D eigenvalue weighted by molar-refractivity contribution is 9.10. The summed E-state index contributed by atoms with van der Waals surface area (Å²) in [5, 5.41) is 3.63. The molecule has 3 rings (SSSR count). The summed E-state index contributed by atoms with van der Waals surface area (Å²) in [7, 11) is 0. The zero-order chi connectivity index (χ0) is 9.54. The van der Waals surface area contributed by atoms with Crippen LogP contribution in [0, 0.1) is 0 Å². The molecule has 14 heavy (non-hydrogen) atoms. The SMILES string of the molecule is Brc1ccc2c(c1)C1CCCNC1C2. The molecule has 1 N–H and O–H groups in total. The number of hydrogen-bond acceptors (Lipinski definition) is 1. The van der Waals surface area contributed by atoms with Gasteiger partial charge in [0.2, 0.25) is 0 Å². The van der Waals surface area contributed by atoms with E-state index in [9.17, 15) is 0 Å². The van der Waals surface area contributed by atoms with Gasteiger partial charge in [0.25, 0.3) is 0 Å². The van der Waals surface area contributed by atoms with Crippen LogP contribution in [-0.4, -0.2) is 12.6 Å². The van der Waals surface area contributed by atoms with E-state index in [0.29, 0.717) is 6.04 Å². The summed E-state index contributed by atoms with van der Waals surface area (Å²) >= 11 is 3.56. The van der Waals surface area contributed by atoms with E-state index in [4.69, 9.17) is 0 Å². The van der Waals surface area contributed by atoms with E-state index in [2.05, 4.69) is 39.4 Å². The predicted molar refractivity (Wildman–Crippen MR) is 61.6 cm³/mol. The highest BCUT2D eigenvalue weighted by Gasteiger charge is 2.33. The summed E-state index contributed by atoms with van der Waals surface area (Å²) in [6, 6.07) is 7.47. The normalized spacial score (nSPS) is 29.8. The molecule has 0 spiro atoms. The first kappa shape index (κ1) is 8.93. The molecule has 1 aromatic rings. The molecule has 74 valence electrons. The first-order valence-corrected chi connectivity index (χ1v) is 6.15. The molecule has 0 radical (unpaired) electrons. The van der Waals surface area contributed by atoms with Crippen molar-refractivity contribution in [2.75, 3.05) is 6.54 Å². The molecule has 1 saturated heterocycles. The van der Waals surface area contributed by atoms with Crippen LogP contribution in [0.4, 0.5) is 0 Å². The van der Waals surface area contributed by atoms with Crippen molar-refractivity contribution in [2.45, 2.75) is 31.2 Å². The van der Waals surface area contributed by atoms with E-state index in [1.807, 2.05) is 0 Å². The molecule has 1 aromatic carbocycles. The Morgan fingerprint density at radius 2 is 2.29 bits per heavy atom. The van der Waals surface area contributed by atoms with Crippen molar-refractivity contribution in [2.24, 2.45) is 0 Å². The Kier molecular flexibility index (Phi) is 2.14. The maximum atomic E-state index is 3.63. The first-order chi connectivity index (χ1) is 6.84. The van der Waals surface area contributed by atoms with Gasteiger partial charge in [-0.3, -0.25) is 0 Å². The van der Waals surface area contributed by atoms with E-state index < -0.39 is 0 Å². The minimum absolute atomic E-state index is 0.716. The van der Waals surface area contributed by atoms with Gasteiger partial charge in [-0.05, 0) is 55.0 Å². The Labute approximate surface area is 93.0 Å². The zero-order valence-corrected chi connectivity index (χ0v) is 9.68. The lowest BCUT2D eigenvalue weighted by atomic mass is 9.90. The summed E-state index contributed by atoms with van der Waals surface area (Å²) in [6.45, 7) is 1.20. The number of nitrogens with one attached hydrogen (secondary N) is 1. The topological polar surface area (TPSA) is 12.0 Å². The highest BCUT2D eigenvalue weighted by atomic mass is 79.9. The fourth-order valence-corrected chi connectivity index (χ4v) is 3.25. The van der Waals surface area contributed by atoms with Crippen LogP contribution in [0.2, 0.25) is 0 Å². The molecule has 1 heterocycles. The van der Waals surface area contributed by atoms with Crippen molar-refractivity contribution in [3.8, 4) is 0 Å². The third kappa shape index (κ3) is 1.32. The average Bonchev–Trinajstić information content (AvgIpc) is 2.56. The number of piperidine rings is 1. The van der Waals surface area contributed by atoms with Gasteiger partial charge in [-0.25, -0.2) is 0 Å². The zero-order valence-electron chi connectivity index (χ0n) is 8.09. The molecular weight excluding hydrogens is 238 g/mol. The number of benzene rings is 1. The van der Waals surface area contributed by atoms with Crippen LogP contribution in [0.5, 0.6) is 0 Å². The van der Waals surface area contributed by atoms with Crippen LogP contribution in [-0.2, 0) is 6.42 Å². The molecule has 0 aromatic heterocycles. The predicted octanol–water partition coefficient (Wildman–Crippen LogP) is 2.84. The summed E-state index contributed by atoms with van der Waals surface area (Å²) in [4.78, 5) is 0. The average molecular weight is 252 g/mol. The van der Waals surface area contributed by atoms with Gasteiger partial charge in [-0.1, -0.05) is 22.0 Å². The molecule has 2 aliphatic rings. The van der Waals surface area contributed by atoms with Crippen molar-refractivity contribution >= 4 is 15.9 Å². The van der Waals surface area contributed by atoms with Gasteiger partial charge < -0.3 is 5.32 Å². The summed E-state index contributed by atoms with van der Waals surface area (Å²) in [5.74, 6) is 0.774. The largest absolute Gasteiger partial charge is 0.313 e. The van der Waals surface area contributed by atoms with Crippen LogP contribution >= 0.6 is 15.9 Å². The minimum atomic E-state index is 0.716. The Bertz CT molecular complexity index is 361. The van der Waals surface area contributed by atoms with Gasteiger partial charge >= 0.3 is 0 Å². The number of hydrogen-bond donors (Lipinski definition) is 1. The third-order valence-electron chi connectivity index (χ3n) is 3.53. The Morgan fingerprint density at radius 3 is 3.21 bits per heavy atom. The van der Waals surface area contributed by atoms with Gasteiger partial charge in [0.1, 0.15) is 0 Å². The van der Waals surface area contributed by atoms with Crippen molar-refractivity contribution < 1.29 is 0 Å². The lowest BCUT2D eigenvalue weighted by Gasteiger charge is -2.27. The standard InChI is InChI=1S/C12H14BrN/c13-9-4-3-8-6-12-10(11(8)7-9)2-1-5-14-12/h3-4,7,10,12,14H,1-2,5-6H2. The van der Waals surface area contributed by atoms with Crippen LogP contribution < -0.4 is 5.32 Å². The van der Waals surface area contributed by atoms with Gasteiger partial charge in [0, 0.05) is 10.5 Å². The van der Waals surface area contributed by atoms with Crippen molar-refractivity contribution in [3.05, 3.63) is 33.8 Å². The lowest BCUT2D eigenvalue weighted by molar-refractivity contribution is 0.372. The quantitative estimate of drug-likeness (QED) is 0.748. The molecule has 2 atom stereocenters. The second kappa shape index (κ2) is 3.35. The number of halogens is 1. The van der Waals surface area contributed by atoms with Crippen LogP contribution in [0.1, 0.15) is 29.9 Å². The summed E-state index contributed by atoms with van der Waals surface area (Å²) in [6.07, 6.45) is 3.92. The van der Waals surface area contributed by atoms with Crippen LogP contribution in [0.15, 0.2) is 22.7 Å². The maximum absolute atomic E-state index is 3.63. The van der Waals surface area contributed by atoms with Gasteiger partial charge in [0.05, 0.1) is 0 Å². The van der Waals surface area contributed by atoms with Gasteiger partial charge in [-0.15, -0.1) is 0 Å².